The number of aromatic nitrogens is 4. The van der Waals surface area contributed by atoms with Gasteiger partial charge >= 0.3 is 11.9 Å². The number of hydrogen-bond acceptors (Lipinski definition) is 9. The molecule has 0 aliphatic carbocycles. The molecule has 2 heterocycles. The normalized spacial score (nSPS) is 13.9. The van der Waals surface area contributed by atoms with Crippen LogP contribution in [0.1, 0.15) is 97.8 Å². The van der Waals surface area contributed by atoms with E-state index in [1.54, 1.807) is 4.57 Å². The lowest BCUT2D eigenvalue weighted by atomic mass is 10.0. The molecular weight excluding hydrogens is 524 g/mol. The Balaban J connectivity index is 1.84. The van der Waals surface area contributed by atoms with Crippen molar-refractivity contribution in [1.29, 1.82) is 0 Å². The Bertz CT molecular complexity index is 1140. The number of ether oxygens (including phenoxy) is 2. The number of imidazole rings is 1. The molecule has 5 N–H and O–H groups in total. The van der Waals surface area contributed by atoms with Crippen LogP contribution in [0.5, 0.6) is 0 Å². The van der Waals surface area contributed by atoms with Gasteiger partial charge in [-0.25, -0.2) is 4.98 Å². The van der Waals surface area contributed by atoms with Crippen molar-refractivity contribution in [1.82, 2.24) is 19.5 Å². The summed E-state index contributed by atoms with van der Waals surface area (Å²) in [7, 11) is 0. The Morgan fingerprint density at radius 1 is 1.07 bits per heavy atom. The van der Waals surface area contributed by atoms with Crippen LogP contribution < -0.4 is 17.0 Å². The average molecular weight is 575 g/mol. The largest absolute Gasteiger partial charge is 0.465 e. The van der Waals surface area contributed by atoms with E-state index in [1.807, 2.05) is 13.8 Å². The summed E-state index contributed by atoms with van der Waals surface area (Å²) < 4.78 is 12.7. The summed E-state index contributed by atoms with van der Waals surface area (Å²) in [6, 6.07) is -0.685. The minimum atomic E-state index is -0.685. The van der Waals surface area contributed by atoms with Gasteiger partial charge in [-0.1, -0.05) is 71.4 Å². The monoisotopic (exact) mass is 574 g/mol. The van der Waals surface area contributed by atoms with Gasteiger partial charge in [0.05, 0.1) is 19.5 Å². The van der Waals surface area contributed by atoms with E-state index in [-0.39, 0.29) is 42.5 Å². The van der Waals surface area contributed by atoms with Crippen molar-refractivity contribution in [2.45, 2.75) is 110 Å². The van der Waals surface area contributed by atoms with E-state index in [4.69, 9.17) is 20.9 Å². The second-order valence-electron chi connectivity index (χ2n) is 10.9. The van der Waals surface area contributed by atoms with Gasteiger partial charge in [-0.15, -0.1) is 0 Å². The van der Waals surface area contributed by atoms with Crippen LogP contribution in [0.2, 0.25) is 0 Å². The number of anilines is 1. The number of esters is 2. The topological polar surface area (TPSA) is 168 Å². The molecule has 0 bridgehead atoms. The number of fused-ring (bicyclic) bond motifs is 1. The highest BCUT2D eigenvalue weighted by Gasteiger charge is 2.22. The maximum atomic E-state index is 12.5. The highest BCUT2D eigenvalue weighted by molar-refractivity contribution is 5.75. The van der Waals surface area contributed by atoms with Crippen molar-refractivity contribution < 1.29 is 19.1 Å². The third kappa shape index (κ3) is 12.5. The van der Waals surface area contributed by atoms with Gasteiger partial charge in [0.1, 0.15) is 6.04 Å². The fourth-order valence-electron chi connectivity index (χ4n) is 4.42. The SMILES string of the molecule is CCCC/C=C/CCCCCCCC(=O)OC[C@H](CCOC(=O)[C@@H](N)C(C)CC)Cn1cnc2c(=O)[nH]c(N)nc21. The molecule has 41 heavy (non-hydrogen) atoms. The van der Waals surface area contributed by atoms with Gasteiger partial charge in [0.15, 0.2) is 11.2 Å². The number of nitrogens with zero attached hydrogens (tertiary/aromatic N) is 3. The van der Waals surface area contributed by atoms with Crippen molar-refractivity contribution in [3.8, 4) is 0 Å². The standard InChI is InChI=1S/C30H50N6O5/c1-4-6-7-8-9-10-11-12-13-14-15-16-24(37)41-20-23(17-18-40-29(39)25(31)22(3)5-2)19-36-21-33-26-27(36)34-30(32)35-28(26)38/h8-9,21-23,25H,4-7,10-20,31H2,1-3H3,(H3,32,34,35,38)/b9-8+/t22?,23-,25+/m1/s1. The number of aromatic amines is 1. The smallest absolute Gasteiger partial charge is 0.323 e. The van der Waals surface area contributed by atoms with Crippen LogP contribution in [-0.2, 0) is 25.6 Å². The molecule has 11 heteroatoms. The van der Waals surface area contributed by atoms with Crippen LogP contribution in [0, 0.1) is 11.8 Å². The van der Waals surface area contributed by atoms with Crippen molar-refractivity contribution in [3.05, 3.63) is 28.8 Å². The molecular formula is C30H50N6O5. The second-order valence-corrected chi connectivity index (χ2v) is 10.9. The molecule has 2 aromatic heterocycles. The summed E-state index contributed by atoms with van der Waals surface area (Å²) in [5.41, 5.74) is 11.8. The van der Waals surface area contributed by atoms with Gasteiger partial charge in [-0.2, -0.15) is 4.98 Å². The molecule has 230 valence electrons. The van der Waals surface area contributed by atoms with Crippen LogP contribution in [0.25, 0.3) is 11.2 Å². The molecule has 0 aromatic carbocycles. The zero-order valence-corrected chi connectivity index (χ0v) is 25.1. The first-order valence-corrected chi connectivity index (χ1v) is 15.2. The third-order valence-electron chi connectivity index (χ3n) is 7.37. The molecule has 0 radical (unpaired) electrons. The molecule has 2 rings (SSSR count). The number of H-pyrrole nitrogens is 1. The molecule has 0 spiro atoms. The first-order chi connectivity index (χ1) is 19.8. The van der Waals surface area contributed by atoms with Crippen LogP contribution in [0.3, 0.4) is 0 Å². The van der Waals surface area contributed by atoms with Gasteiger partial charge in [-0.05, 0) is 38.0 Å². The van der Waals surface area contributed by atoms with Crippen LogP contribution in [0.4, 0.5) is 5.95 Å². The fourth-order valence-corrected chi connectivity index (χ4v) is 4.42. The summed E-state index contributed by atoms with van der Waals surface area (Å²) in [4.78, 5) is 47.7. The van der Waals surface area contributed by atoms with E-state index < -0.39 is 17.6 Å². The number of nitrogens with one attached hydrogen (secondary N) is 1. The number of rotatable bonds is 21. The Kier molecular flexibility index (Phi) is 15.8. The first kappa shape index (κ1) is 34.0. The van der Waals surface area contributed by atoms with E-state index in [2.05, 4.69) is 34.0 Å². The number of nitrogens with two attached hydrogens (primary N) is 2. The Morgan fingerprint density at radius 2 is 1.78 bits per heavy atom. The van der Waals surface area contributed by atoms with Crippen molar-refractivity contribution in [2.24, 2.45) is 17.6 Å². The van der Waals surface area contributed by atoms with Crippen molar-refractivity contribution in [3.63, 3.8) is 0 Å². The Hall–Kier alpha value is -3.21. The summed E-state index contributed by atoms with van der Waals surface area (Å²) in [5, 5.41) is 0. The van der Waals surface area contributed by atoms with E-state index in [0.717, 1.165) is 38.5 Å². The lowest BCUT2D eigenvalue weighted by Crippen LogP contribution is -2.38. The number of unbranched alkanes of at least 4 members (excludes halogenated alkanes) is 7. The molecule has 0 fully saturated rings. The predicted molar refractivity (Wildman–Crippen MR) is 161 cm³/mol. The number of carbonyl (C=O) groups excluding carboxylic acids is 2. The predicted octanol–water partition coefficient (Wildman–Crippen LogP) is 4.65. The highest BCUT2D eigenvalue weighted by Crippen LogP contribution is 2.16. The average Bonchev–Trinajstić information content (AvgIpc) is 3.35. The Labute approximate surface area is 243 Å². The molecule has 0 aliphatic heterocycles. The lowest BCUT2D eigenvalue weighted by molar-refractivity contribution is -0.149. The van der Waals surface area contributed by atoms with Crippen LogP contribution in [-0.4, -0.2) is 50.7 Å². The minimum absolute atomic E-state index is 0.0105. The highest BCUT2D eigenvalue weighted by atomic mass is 16.5. The maximum absolute atomic E-state index is 12.5. The zero-order chi connectivity index (χ0) is 30.0. The van der Waals surface area contributed by atoms with Crippen LogP contribution >= 0.6 is 0 Å². The molecule has 3 atom stereocenters. The van der Waals surface area contributed by atoms with Gasteiger partial charge in [0, 0.05) is 18.9 Å². The van der Waals surface area contributed by atoms with Crippen molar-refractivity contribution in [2.75, 3.05) is 18.9 Å². The first-order valence-electron chi connectivity index (χ1n) is 15.2. The summed E-state index contributed by atoms with van der Waals surface area (Å²) in [6.07, 6.45) is 17.6. The summed E-state index contributed by atoms with van der Waals surface area (Å²) in [5.74, 6) is -0.908. The van der Waals surface area contributed by atoms with E-state index >= 15 is 0 Å². The molecule has 2 aromatic rings. The minimum Gasteiger partial charge on any atom is -0.465 e. The number of carbonyl (C=O) groups is 2. The second kappa shape index (κ2) is 19.0. The van der Waals surface area contributed by atoms with E-state index in [0.29, 0.717) is 25.0 Å². The molecule has 0 saturated carbocycles. The number of hydrogen-bond donors (Lipinski definition) is 3. The molecule has 0 aliphatic rings. The summed E-state index contributed by atoms with van der Waals surface area (Å²) >= 11 is 0. The fraction of sp³-hybridized carbons (Fsp3) is 0.700. The Morgan fingerprint density at radius 3 is 2.51 bits per heavy atom. The van der Waals surface area contributed by atoms with Gasteiger partial charge in [-0.3, -0.25) is 19.4 Å². The van der Waals surface area contributed by atoms with E-state index in [1.165, 1.54) is 32.0 Å². The van der Waals surface area contributed by atoms with Gasteiger partial charge in [0.25, 0.3) is 5.56 Å². The van der Waals surface area contributed by atoms with Gasteiger partial charge in [0.2, 0.25) is 5.95 Å². The quantitative estimate of drug-likeness (QED) is 0.109. The molecule has 1 unspecified atom stereocenters. The van der Waals surface area contributed by atoms with E-state index in [9.17, 15) is 14.4 Å². The molecule has 11 nitrogen and oxygen atoms in total. The van der Waals surface area contributed by atoms with Crippen molar-refractivity contribution >= 4 is 29.1 Å². The molecule has 0 saturated heterocycles. The van der Waals surface area contributed by atoms with Gasteiger partial charge < -0.3 is 25.5 Å². The lowest BCUT2D eigenvalue weighted by Gasteiger charge is -2.20. The molecule has 0 amide bonds. The number of nitrogen functional groups attached to an aromatic ring is 1. The maximum Gasteiger partial charge on any atom is 0.323 e. The number of allylic oxidation sites excluding steroid dienone is 2. The third-order valence-corrected chi connectivity index (χ3v) is 7.37. The van der Waals surface area contributed by atoms with Crippen LogP contribution in [0.15, 0.2) is 23.3 Å². The zero-order valence-electron chi connectivity index (χ0n) is 25.1. The summed E-state index contributed by atoms with van der Waals surface area (Å²) in [6.45, 7) is 6.69.